The Morgan fingerprint density at radius 1 is 1.00 bits per heavy atom. The molecule has 0 spiro atoms. The van der Waals surface area contributed by atoms with Gasteiger partial charge in [0.05, 0.1) is 6.42 Å². The number of aryl methyl sites for hydroxylation is 1. The minimum Gasteiger partial charge on any atom is -0.484 e. The van der Waals surface area contributed by atoms with Gasteiger partial charge in [0.25, 0.3) is 5.91 Å². The van der Waals surface area contributed by atoms with E-state index in [-0.39, 0.29) is 18.4 Å². The third kappa shape index (κ3) is 5.83. The number of carbonyl (C=O) groups is 2. The van der Waals surface area contributed by atoms with E-state index in [4.69, 9.17) is 4.74 Å². The SMILES string of the molecule is CCCc1ccc(OCC(=O)N2CCCN(C(=O)Cc3cccs3)CC2)cc1. The average molecular weight is 401 g/mol. The molecule has 1 aliphatic heterocycles. The van der Waals surface area contributed by atoms with E-state index in [1.54, 1.807) is 11.3 Å². The summed E-state index contributed by atoms with van der Waals surface area (Å²) in [5.74, 6) is 0.834. The number of thiophene rings is 1. The maximum Gasteiger partial charge on any atom is 0.260 e. The second kappa shape index (κ2) is 10.3. The predicted molar refractivity (Wildman–Crippen MR) is 112 cm³/mol. The fourth-order valence-electron chi connectivity index (χ4n) is 3.37. The van der Waals surface area contributed by atoms with Crippen molar-refractivity contribution in [2.45, 2.75) is 32.6 Å². The molecular weight excluding hydrogens is 372 g/mol. The van der Waals surface area contributed by atoms with Gasteiger partial charge in [-0.1, -0.05) is 31.5 Å². The molecule has 1 aliphatic rings. The highest BCUT2D eigenvalue weighted by molar-refractivity contribution is 7.10. The molecule has 0 saturated carbocycles. The van der Waals surface area contributed by atoms with Gasteiger partial charge in [0.1, 0.15) is 5.75 Å². The molecule has 6 heteroatoms. The van der Waals surface area contributed by atoms with Gasteiger partial charge < -0.3 is 14.5 Å². The molecule has 0 N–H and O–H groups in total. The maximum absolute atomic E-state index is 12.5. The molecule has 3 rings (SSSR count). The zero-order valence-corrected chi connectivity index (χ0v) is 17.2. The number of hydrogen-bond acceptors (Lipinski definition) is 4. The molecule has 0 aliphatic carbocycles. The molecule has 1 fully saturated rings. The highest BCUT2D eigenvalue weighted by Gasteiger charge is 2.22. The van der Waals surface area contributed by atoms with E-state index in [9.17, 15) is 9.59 Å². The van der Waals surface area contributed by atoms with Crippen molar-refractivity contribution >= 4 is 23.2 Å². The number of nitrogens with zero attached hydrogens (tertiary/aromatic N) is 2. The number of benzene rings is 1. The van der Waals surface area contributed by atoms with E-state index in [0.29, 0.717) is 32.6 Å². The average Bonchev–Trinajstić information content (AvgIpc) is 3.08. The fraction of sp³-hybridized carbons (Fsp3) is 0.455. The first-order valence-corrected chi connectivity index (χ1v) is 10.8. The topological polar surface area (TPSA) is 49.9 Å². The van der Waals surface area contributed by atoms with Gasteiger partial charge in [0, 0.05) is 31.1 Å². The van der Waals surface area contributed by atoms with Gasteiger partial charge in [0.15, 0.2) is 6.61 Å². The lowest BCUT2D eigenvalue weighted by molar-refractivity contribution is -0.134. The summed E-state index contributed by atoms with van der Waals surface area (Å²) in [4.78, 5) is 29.8. The Morgan fingerprint density at radius 3 is 2.36 bits per heavy atom. The Morgan fingerprint density at radius 2 is 1.71 bits per heavy atom. The van der Waals surface area contributed by atoms with Gasteiger partial charge in [0.2, 0.25) is 5.91 Å². The molecule has 0 unspecified atom stereocenters. The van der Waals surface area contributed by atoms with Crippen molar-refractivity contribution in [3.8, 4) is 5.75 Å². The summed E-state index contributed by atoms with van der Waals surface area (Å²) in [5.41, 5.74) is 1.28. The van der Waals surface area contributed by atoms with Gasteiger partial charge in [-0.3, -0.25) is 9.59 Å². The van der Waals surface area contributed by atoms with Crippen LogP contribution >= 0.6 is 11.3 Å². The summed E-state index contributed by atoms with van der Waals surface area (Å²) in [6.07, 6.45) is 3.41. The van der Waals surface area contributed by atoms with Crippen molar-refractivity contribution in [3.63, 3.8) is 0 Å². The van der Waals surface area contributed by atoms with Crippen LogP contribution in [0.2, 0.25) is 0 Å². The third-order valence-electron chi connectivity index (χ3n) is 4.93. The van der Waals surface area contributed by atoms with Crippen LogP contribution < -0.4 is 4.74 Å². The lowest BCUT2D eigenvalue weighted by Crippen LogP contribution is -2.39. The highest BCUT2D eigenvalue weighted by Crippen LogP contribution is 2.15. The minimum absolute atomic E-state index is 0.0230. The van der Waals surface area contributed by atoms with E-state index in [0.717, 1.165) is 29.9 Å². The van der Waals surface area contributed by atoms with E-state index in [1.807, 2.05) is 51.6 Å². The second-order valence-electron chi connectivity index (χ2n) is 7.05. The Hall–Kier alpha value is -2.34. The van der Waals surface area contributed by atoms with Crippen LogP contribution in [0.3, 0.4) is 0 Å². The van der Waals surface area contributed by atoms with Crippen molar-refractivity contribution in [1.29, 1.82) is 0 Å². The summed E-state index contributed by atoms with van der Waals surface area (Å²) in [6, 6.07) is 11.9. The Balaban J connectivity index is 1.45. The number of carbonyl (C=O) groups excluding carboxylic acids is 2. The zero-order valence-electron chi connectivity index (χ0n) is 16.4. The maximum atomic E-state index is 12.5. The molecule has 2 amide bonds. The summed E-state index contributed by atoms with van der Waals surface area (Å²) >= 11 is 1.61. The monoisotopic (exact) mass is 400 g/mol. The van der Waals surface area contributed by atoms with Crippen molar-refractivity contribution < 1.29 is 14.3 Å². The van der Waals surface area contributed by atoms with Crippen LogP contribution in [0.5, 0.6) is 5.75 Å². The van der Waals surface area contributed by atoms with E-state index in [2.05, 4.69) is 6.92 Å². The van der Waals surface area contributed by atoms with Crippen LogP contribution in [0.15, 0.2) is 41.8 Å². The van der Waals surface area contributed by atoms with Gasteiger partial charge in [-0.15, -0.1) is 11.3 Å². The Bertz CT molecular complexity index is 759. The molecule has 0 atom stereocenters. The van der Waals surface area contributed by atoms with Crippen LogP contribution in [-0.2, 0) is 22.4 Å². The first-order valence-electron chi connectivity index (χ1n) is 9.95. The molecule has 1 aromatic carbocycles. The number of hydrogen-bond donors (Lipinski definition) is 0. The standard InChI is InChI=1S/C22H28N2O3S/c1-2-5-18-7-9-19(10-8-18)27-17-22(26)24-12-4-11-23(13-14-24)21(25)16-20-6-3-15-28-20/h3,6-10,15H,2,4-5,11-14,16-17H2,1H3. The molecule has 0 radical (unpaired) electrons. The lowest BCUT2D eigenvalue weighted by Gasteiger charge is -2.22. The van der Waals surface area contributed by atoms with Gasteiger partial charge in [-0.05, 0) is 42.0 Å². The normalized spacial score (nSPS) is 14.6. The highest BCUT2D eigenvalue weighted by atomic mass is 32.1. The van der Waals surface area contributed by atoms with Crippen LogP contribution in [0.4, 0.5) is 0 Å². The van der Waals surface area contributed by atoms with E-state index in [1.165, 1.54) is 5.56 Å². The molecule has 1 saturated heterocycles. The number of amides is 2. The first-order chi connectivity index (χ1) is 13.7. The van der Waals surface area contributed by atoms with Crippen molar-refractivity contribution in [1.82, 2.24) is 9.80 Å². The molecule has 0 bridgehead atoms. The van der Waals surface area contributed by atoms with Crippen molar-refractivity contribution in [2.24, 2.45) is 0 Å². The molecule has 5 nitrogen and oxygen atoms in total. The summed E-state index contributed by atoms with van der Waals surface area (Å²) in [6.45, 7) is 4.71. The number of ether oxygens (including phenoxy) is 1. The fourth-order valence-corrected chi connectivity index (χ4v) is 4.06. The number of rotatable bonds is 7. The minimum atomic E-state index is -0.0230. The molecule has 2 heterocycles. The summed E-state index contributed by atoms with van der Waals surface area (Å²) < 4.78 is 5.67. The predicted octanol–water partition coefficient (Wildman–Crippen LogP) is 3.38. The third-order valence-corrected chi connectivity index (χ3v) is 5.81. The molecular formula is C22H28N2O3S. The Kier molecular flexibility index (Phi) is 7.48. The molecule has 1 aromatic heterocycles. The first kappa shape index (κ1) is 20.4. The van der Waals surface area contributed by atoms with Crippen LogP contribution in [0.1, 0.15) is 30.2 Å². The smallest absolute Gasteiger partial charge is 0.260 e. The Labute approximate surface area is 170 Å². The van der Waals surface area contributed by atoms with Gasteiger partial charge in [-0.2, -0.15) is 0 Å². The second-order valence-corrected chi connectivity index (χ2v) is 8.09. The van der Waals surface area contributed by atoms with Crippen LogP contribution in [0.25, 0.3) is 0 Å². The lowest BCUT2D eigenvalue weighted by atomic mass is 10.1. The van der Waals surface area contributed by atoms with Crippen LogP contribution in [0, 0.1) is 0 Å². The van der Waals surface area contributed by atoms with Crippen molar-refractivity contribution in [2.75, 3.05) is 32.8 Å². The summed E-state index contributed by atoms with van der Waals surface area (Å²) in [7, 11) is 0. The molecule has 28 heavy (non-hydrogen) atoms. The largest absolute Gasteiger partial charge is 0.484 e. The molecule has 2 aromatic rings. The zero-order chi connectivity index (χ0) is 19.8. The van der Waals surface area contributed by atoms with Crippen LogP contribution in [-0.4, -0.2) is 54.4 Å². The van der Waals surface area contributed by atoms with E-state index < -0.39 is 0 Å². The quantitative estimate of drug-likeness (QED) is 0.716. The van der Waals surface area contributed by atoms with Gasteiger partial charge >= 0.3 is 0 Å². The van der Waals surface area contributed by atoms with Crippen molar-refractivity contribution in [3.05, 3.63) is 52.2 Å². The summed E-state index contributed by atoms with van der Waals surface area (Å²) in [5, 5.41) is 1.99. The van der Waals surface area contributed by atoms with E-state index >= 15 is 0 Å². The van der Waals surface area contributed by atoms with Gasteiger partial charge in [-0.25, -0.2) is 0 Å². The molecule has 150 valence electrons.